The number of esters is 1. The van der Waals surface area contributed by atoms with Crippen LogP contribution in [0.15, 0.2) is 23.2 Å². The number of nitrogens with zero attached hydrogens (tertiary/aromatic N) is 2. The first kappa shape index (κ1) is 15.4. The van der Waals surface area contributed by atoms with Crippen molar-refractivity contribution < 1.29 is 17.9 Å². The third-order valence-electron chi connectivity index (χ3n) is 2.55. The van der Waals surface area contributed by atoms with Crippen molar-refractivity contribution in [3.63, 3.8) is 0 Å². The number of hydrogen-bond acceptors (Lipinski definition) is 6. The van der Waals surface area contributed by atoms with Crippen LogP contribution in [0.25, 0.3) is 0 Å². The number of anilines is 1. The summed E-state index contributed by atoms with van der Waals surface area (Å²) in [5.41, 5.74) is 5.40. The third kappa shape index (κ3) is 4.18. The van der Waals surface area contributed by atoms with Crippen molar-refractivity contribution in [3.8, 4) is 0 Å². The summed E-state index contributed by atoms with van der Waals surface area (Å²) in [5, 5.41) is 0. The zero-order valence-electron chi connectivity index (χ0n) is 10.9. The van der Waals surface area contributed by atoms with Crippen molar-refractivity contribution in [2.75, 3.05) is 26.4 Å². The van der Waals surface area contributed by atoms with E-state index in [1.807, 2.05) is 0 Å². The molecule has 0 aliphatic carbocycles. The molecule has 0 aromatic carbocycles. The first-order valence-corrected chi connectivity index (χ1v) is 7.06. The maximum atomic E-state index is 12.1. The molecule has 8 heteroatoms. The molecule has 0 aliphatic heterocycles. The zero-order valence-corrected chi connectivity index (χ0v) is 11.7. The van der Waals surface area contributed by atoms with Gasteiger partial charge in [0.15, 0.2) is 0 Å². The van der Waals surface area contributed by atoms with Gasteiger partial charge in [-0.05, 0) is 18.6 Å². The summed E-state index contributed by atoms with van der Waals surface area (Å²) in [5.74, 6) is -0.104. The highest BCUT2D eigenvalue weighted by Gasteiger charge is 2.20. The standard InChI is InChI=1S/C11H17N3O4S/c1-14(7-3-4-11(15)18-2)19(16,17)9-5-6-10(12)13-8-9/h5-6,8H,3-4,7H2,1-2H3,(H2,12,13). The molecule has 0 radical (unpaired) electrons. The highest BCUT2D eigenvalue weighted by molar-refractivity contribution is 7.89. The van der Waals surface area contributed by atoms with Gasteiger partial charge in [0.2, 0.25) is 10.0 Å². The molecule has 2 N–H and O–H groups in total. The first-order valence-electron chi connectivity index (χ1n) is 5.62. The summed E-state index contributed by atoms with van der Waals surface area (Å²) >= 11 is 0. The van der Waals surface area contributed by atoms with Crippen LogP contribution in [-0.2, 0) is 19.6 Å². The SMILES string of the molecule is COC(=O)CCCN(C)S(=O)(=O)c1ccc(N)nc1. The van der Waals surface area contributed by atoms with Crippen molar-refractivity contribution in [3.05, 3.63) is 18.3 Å². The van der Waals surface area contributed by atoms with Gasteiger partial charge in [-0.1, -0.05) is 0 Å². The van der Waals surface area contributed by atoms with Gasteiger partial charge in [0.1, 0.15) is 10.7 Å². The van der Waals surface area contributed by atoms with E-state index in [4.69, 9.17) is 5.73 Å². The maximum absolute atomic E-state index is 12.1. The Morgan fingerprint density at radius 3 is 2.68 bits per heavy atom. The molecule has 0 unspecified atom stereocenters. The Bertz CT molecular complexity index is 527. The Morgan fingerprint density at radius 1 is 1.47 bits per heavy atom. The number of nitrogen functional groups attached to an aromatic ring is 1. The minimum atomic E-state index is -3.60. The molecule has 1 aromatic rings. The van der Waals surface area contributed by atoms with Crippen LogP contribution in [0.2, 0.25) is 0 Å². The van der Waals surface area contributed by atoms with E-state index in [2.05, 4.69) is 9.72 Å². The first-order chi connectivity index (χ1) is 8.87. The molecule has 1 heterocycles. The summed E-state index contributed by atoms with van der Waals surface area (Å²) in [6, 6.07) is 2.82. The molecule has 0 aliphatic rings. The lowest BCUT2D eigenvalue weighted by Crippen LogP contribution is -2.28. The van der Waals surface area contributed by atoms with Gasteiger partial charge < -0.3 is 10.5 Å². The largest absolute Gasteiger partial charge is 0.469 e. The molecule has 0 fully saturated rings. The quantitative estimate of drug-likeness (QED) is 0.752. The van der Waals surface area contributed by atoms with Crippen molar-refractivity contribution in [2.24, 2.45) is 0 Å². The van der Waals surface area contributed by atoms with Crippen LogP contribution < -0.4 is 5.73 Å². The number of carbonyl (C=O) groups is 1. The molecule has 0 bridgehead atoms. The second-order valence-electron chi connectivity index (χ2n) is 3.93. The monoisotopic (exact) mass is 287 g/mol. The maximum Gasteiger partial charge on any atom is 0.305 e. The van der Waals surface area contributed by atoms with Gasteiger partial charge in [0.05, 0.1) is 7.11 Å². The normalized spacial score (nSPS) is 11.5. The fourth-order valence-corrected chi connectivity index (χ4v) is 2.55. The molecule has 0 amide bonds. The van der Waals surface area contributed by atoms with Crippen molar-refractivity contribution in [1.29, 1.82) is 0 Å². The van der Waals surface area contributed by atoms with E-state index in [0.717, 1.165) is 0 Å². The Balaban J connectivity index is 2.67. The van der Waals surface area contributed by atoms with Crippen LogP contribution in [0.4, 0.5) is 5.82 Å². The number of nitrogens with two attached hydrogens (primary N) is 1. The second kappa shape index (κ2) is 6.48. The van der Waals surface area contributed by atoms with Gasteiger partial charge in [-0.3, -0.25) is 4.79 Å². The van der Waals surface area contributed by atoms with Gasteiger partial charge in [0.25, 0.3) is 0 Å². The molecule has 0 spiro atoms. The van der Waals surface area contributed by atoms with Gasteiger partial charge in [-0.2, -0.15) is 0 Å². The van der Waals surface area contributed by atoms with E-state index in [1.165, 1.54) is 36.8 Å². The average molecular weight is 287 g/mol. The predicted octanol–water partition coefficient (Wildman–Crippen LogP) is 0.238. The lowest BCUT2D eigenvalue weighted by molar-refractivity contribution is -0.140. The van der Waals surface area contributed by atoms with E-state index in [0.29, 0.717) is 6.42 Å². The van der Waals surface area contributed by atoms with Gasteiger partial charge in [-0.15, -0.1) is 0 Å². The molecule has 7 nitrogen and oxygen atoms in total. The summed E-state index contributed by atoms with van der Waals surface area (Å²) in [6.45, 7) is 0.224. The fourth-order valence-electron chi connectivity index (χ4n) is 1.39. The number of sulfonamides is 1. The van der Waals surface area contributed by atoms with E-state index in [1.54, 1.807) is 0 Å². The third-order valence-corrected chi connectivity index (χ3v) is 4.39. The lowest BCUT2D eigenvalue weighted by Gasteiger charge is -2.16. The zero-order chi connectivity index (χ0) is 14.5. The van der Waals surface area contributed by atoms with Crippen LogP contribution in [-0.4, -0.2) is 44.4 Å². The Labute approximate surface area is 112 Å². The Hall–Kier alpha value is -1.67. The highest BCUT2D eigenvalue weighted by atomic mass is 32.2. The Kier molecular flexibility index (Phi) is 5.25. The topological polar surface area (TPSA) is 103 Å². The molecule has 0 saturated heterocycles. The van der Waals surface area contributed by atoms with Crippen LogP contribution in [0.3, 0.4) is 0 Å². The van der Waals surface area contributed by atoms with E-state index < -0.39 is 10.0 Å². The number of ether oxygens (including phenoxy) is 1. The number of rotatable bonds is 6. The summed E-state index contributed by atoms with van der Waals surface area (Å²) in [6.07, 6.45) is 1.78. The minimum Gasteiger partial charge on any atom is -0.469 e. The van der Waals surface area contributed by atoms with Crippen LogP contribution in [0.1, 0.15) is 12.8 Å². The van der Waals surface area contributed by atoms with Crippen molar-refractivity contribution in [2.45, 2.75) is 17.7 Å². The molecule has 19 heavy (non-hydrogen) atoms. The molecular weight excluding hydrogens is 270 g/mol. The molecule has 1 rings (SSSR count). The molecule has 1 aromatic heterocycles. The summed E-state index contributed by atoms with van der Waals surface area (Å²) in [7, 11) is -0.855. The lowest BCUT2D eigenvalue weighted by atomic mass is 10.3. The molecule has 106 valence electrons. The number of hydrogen-bond donors (Lipinski definition) is 1. The van der Waals surface area contributed by atoms with E-state index >= 15 is 0 Å². The van der Waals surface area contributed by atoms with Crippen molar-refractivity contribution >= 4 is 21.8 Å². The molecule has 0 atom stereocenters. The number of pyridine rings is 1. The average Bonchev–Trinajstić information content (AvgIpc) is 2.38. The molecule has 0 saturated carbocycles. The van der Waals surface area contributed by atoms with Gasteiger partial charge in [-0.25, -0.2) is 17.7 Å². The van der Waals surface area contributed by atoms with E-state index in [-0.39, 0.29) is 29.6 Å². The van der Waals surface area contributed by atoms with Crippen LogP contribution in [0, 0.1) is 0 Å². The number of aromatic nitrogens is 1. The summed E-state index contributed by atoms with van der Waals surface area (Å²) in [4.78, 5) is 14.8. The highest BCUT2D eigenvalue weighted by Crippen LogP contribution is 2.14. The fraction of sp³-hybridized carbons (Fsp3) is 0.455. The van der Waals surface area contributed by atoms with Gasteiger partial charge in [0, 0.05) is 26.2 Å². The minimum absolute atomic E-state index is 0.0715. The van der Waals surface area contributed by atoms with Crippen LogP contribution in [0.5, 0.6) is 0 Å². The Morgan fingerprint density at radius 2 is 2.16 bits per heavy atom. The van der Waals surface area contributed by atoms with Gasteiger partial charge >= 0.3 is 5.97 Å². The van der Waals surface area contributed by atoms with Crippen LogP contribution >= 0.6 is 0 Å². The number of carbonyl (C=O) groups excluding carboxylic acids is 1. The van der Waals surface area contributed by atoms with E-state index in [9.17, 15) is 13.2 Å². The second-order valence-corrected chi connectivity index (χ2v) is 5.97. The smallest absolute Gasteiger partial charge is 0.305 e. The predicted molar refractivity (Wildman–Crippen MR) is 69.7 cm³/mol. The summed E-state index contributed by atoms with van der Waals surface area (Å²) < 4.78 is 29.9. The molecular formula is C11H17N3O4S. The van der Waals surface area contributed by atoms with Crippen molar-refractivity contribution in [1.82, 2.24) is 9.29 Å². The number of methoxy groups -OCH3 is 1.